The molecule has 0 aliphatic heterocycles. The third-order valence-corrected chi connectivity index (χ3v) is 2.68. The average Bonchev–Trinajstić information content (AvgIpc) is 2.28. The van der Waals surface area contributed by atoms with Crippen LogP contribution in [0.15, 0.2) is 29.4 Å². The second kappa shape index (κ2) is 5.77. The largest absolute Gasteiger partial charge is 0.364 e. The van der Waals surface area contributed by atoms with Crippen molar-refractivity contribution in [3.05, 3.63) is 35.4 Å². The molecule has 0 aliphatic carbocycles. The van der Waals surface area contributed by atoms with Crippen LogP contribution in [-0.4, -0.2) is 18.4 Å². The first-order valence-corrected chi connectivity index (χ1v) is 5.95. The zero-order chi connectivity index (χ0) is 12.9. The first kappa shape index (κ1) is 13.6. The molecule has 0 radical (unpaired) electrons. The fourth-order valence-corrected chi connectivity index (χ4v) is 1.34. The number of rotatable bonds is 2. The van der Waals surface area contributed by atoms with Crippen LogP contribution in [0.25, 0.3) is 0 Å². The predicted octanol–water partition coefficient (Wildman–Crippen LogP) is 2.41. The van der Waals surface area contributed by atoms with Gasteiger partial charge in [-0.25, -0.2) is 0 Å². The van der Waals surface area contributed by atoms with Crippen molar-refractivity contribution >= 4 is 23.5 Å². The van der Waals surface area contributed by atoms with Gasteiger partial charge in [0, 0.05) is 7.05 Å². The number of benzene rings is 1. The Morgan fingerprint density at radius 1 is 1.24 bits per heavy atom. The summed E-state index contributed by atoms with van der Waals surface area (Å²) in [5, 5.41) is 7.32. The molecule has 4 heteroatoms. The number of hydrogen-bond acceptors (Lipinski definition) is 2. The van der Waals surface area contributed by atoms with Crippen molar-refractivity contribution in [1.82, 2.24) is 10.7 Å². The van der Waals surface area contributed by atoms with Crippen molar-refractivity contribution in [3.8, 4) is 0 Å². The van der Waals surface area contributed by atoms with Crippen molar-refractivity contribution in [1.29, 1.82) is 0 Å². The van der Waals surface area contributed by atoms with Crippen molar-refractivity contribution < 1.29 is 0 Å². The highest BCUT2D eigenvalue weighted by atomic mass is 32.1. The third kappa shape index (κ3) is 4.53. The van der Waals surface area contributed by atoms with Crippen LogP contribution in [0.1, 0.15) is 31.9 Å². The highest BCUT2D eigenvalue weighted by Crippen LogP contribution is 2.21. The molecule has 3 nitrogen and oxygen atoms in total. The van der Waals surface area contributed by atoms with E-state index in [9.17, 15) is 0 Å². The third-order valence-electron chi connectivity index (χ3n) is 2.38. The number of nitrogens with zero attached hydrogens (tertiary/aromatic N) is 1. The summed E-state index contributed by atoms with van der Waals surface area (Å²) in [6, 6.07) is 8.35. The average molecular weight is 249 g/mol. The van der Waals surface area contributed by atoms with Crippen molar-refractivity contribution in [2.75, 3.05) is 7.05 Å². The highest BCUT2D eigenvalue weighted by Gasteiger charge is 2.12. The van der Waals surface area contributed by atoms with Crippen molar-refractivity contribution in [3.63, 3.8) is 0 Å². The second-order valence-electron chi connectivity index (χ2n) is 4.82. The minimum atomic E-state index is 0.182. The van der Waals surface area contributed by atoms with Gasteiger partial charge < -0.3 is 5.32 Å². The van der Waals surface area contributed by atoms with Gasteiger partial charge in [0.15, 0.2) is 5.11 Å². The lowest BCUT2D eigenvalue weighted by molar-refractivity contribution is 0.590. The van der Waals surface area contributed by atoms with Crippen LogP contribution in [0.3, 0.4) is 0 Å². The Morgan fingerprint density at radius 2 is 1.82 bits per heavy atom. The lowest BCUT2D eigenvalue weighted by Gasteiger charge is -2.18. The van der Waals surface area contributed by atoms with E-state index in [-0.39, 0.29) is 5.41 Å². The summed E-state index contributed by atoms with van der Waals surface area (Å²) < 4.78 is 0. The molecular formula is C13H19N3S. The molecule has 0 aromatic heterocycles. The molecule has 0 atom stereocenters. The number of hydrazone groups is 1. The molecule has 0 bridgehead atoms. The van der Waals surface area contributed by atoms with Crippen LogP contribution in [0.5, 0.6) is 0 Å². The molecule has 0 saturated heterocycles. The lowest BCUT2D eigenvalue weighted by Crippen LogP contribution is -2.28. The Labute approximate surface area is 108 Å². The molecule has 0 aliphatic rings. The zero-order valence-corrected chi connectivity index (χ0v) is 11.6. The standard InChI is InChI=1S/C13H19N3S/c1-13(2,3)11-7-5-10(6-8-11)9-15-16-12(17)14-4/h5-9H,1-4H3,(H2,14,16,17)/b15-9-. The molecule has 92 valence electrons. The van der Waals surface area contributed by atoms with E-state index < -0.39 is 0 Å². The summed E-state index contributed by atoms with van der Waals surface area (Å²) in [7, 11) is 1.75. The minimum absolute atomic E-state index is 0.182. The quantitative estimate of drug-likeness (QED) is 0.480. The summed E-state index contributed by atoms with van der Waals surface area (Å²) in [6.07, 6.45) is 1.75. The van der Waals surface area contributed by atoms with E-state index >= 15 is 0 Å². The van der Waals surface area contributed by atoms with Crippen LogP contribution < -0.4 is 10.7 Å². The van der Waals surface area contributed by atoms with Crippen molar-refractivity contribution in [2.45, 2.75) is 26.2 Å². The predicted molar refractivity (Wildman–Crippen MR) is 77.5 cm³/mol. The van der Waals surface area contributed by atoms with E-state index in [1.54, 1.807) is 13.3 Å². The summed E-state index contributed by atoms with van der Waals surface area (Å²) in [5.41, 5.74) is 5.26. The molecule has 2 N–H and O–H groups in total. The summed E-state index contributed by atoms with van der Waals surface area (Å²) >= 11 is 4.90. The van der Waals surface area contributed by atoms with Crippen LogP contribution in [0.4, 0.5) is 0 Å². The molecule has 0 heterocycles. The molecular weight excluding hydrogens is 230 g/mol. The van der Waals surface area contributed by atoms with Gasteiger partial charge in [0.25, 0.3) is 0 Å². The molecule has 17 heavy (non-hydrogen) atoms. The second-order valence-corrected chi connectivity index (χ2v) is 5.23. The van der Waals surface area contributed by atoms with Gasteiger partial charge in [-0.3, -0.25) is 5.43 Å². The summed E-state index contributed by atoms with van der Waals surface area (Å²) in [6.45, 7) is 6.59. The van der Waals surface area contributed by atoms with Gasteiger partial charge in [-0.1, -0.05) is 45.0 Å². The van der Waals surface area contributed by atoms with E-state index in [0.717, 1.165) is 5.56 Å². The van der Waals surface area contributed by atoms with Gasteiger partial charge >= 0.3 is 0 Å². The maximum Gasteiger partial charge on any atom is 0.186 e. The highest BCUT2D eigenvalue weighted by molar-refractivity contribution is 7.80. The molecule has 0 saturated carbocycles. The van der Waals surface area contributed by atoms with Gasteiger partial charge in [0.1, 0.15) is 0 Å². The first-order chi connectivity index (χ1) is 7.93. The maximum atomic E-state index is 4.90. The van der Waals surface area contributed by atoms with E-state index in [4.69, 9.17) is 12.2 Å². The van der Waals surface area contributed by atoms with Gasteiger partial charge in [-0.2, -0.15) is 5.10 Å². The van der Waals surface area contributed by atoms with Crippen LogP contribution in [-0.2, 0) is 5.41 Å². The smallest absolute Gasteiger partial charge is 0.186 e. The van der Waals surface area contributed by atoms with Gasteiger partial charge in [0.05, 0.1) is 6.21 Å². The molecule has 1 rings (SSSR count). The van der Waals surface area contributed by atoms with E-state index in [1.165, 1.54) is 5.56 Å². The topological polar surface area (TPSA) is 36.4 Å². The van der Waals surface area contributed by atoms with Crippen LogP contribution >= 0.6 is 12.2 Å². The molecule has 1 aromatic carbocycles. The Kier molecular flexibility index (Phi) is 4.63. The number of thiocarbonyl (C=S) groups is 1. The SMILES string of the molecule is CNC(=S)N/N=C\c1ccc(C(C)(C)C)cc1. The Hall–Kier alpha value is -1.42. The Balaban J connectivity index is 2.66. The Bertz CT molecular complexity index is 402. The maximum absolute atomic E-state index is 4.90. The summed E-state index contributed by atoms with van der Waals surface area (Å²) in [4.78, 5) is 0. The van der Waals surface area contributed by atoms with E-state index in [1.807, 2.05) is 12.1 Å². The monoisotopic (exact) mass is 249 g/mol. The molecule has 0 fully saturated rings. The van der Waals surface area contributed by atoms with Crippen LogP contribution in [0.2, 0.25) is 0 Å². The van der Waals surface area contributed by atoms with E-state index in [0.29, 0.717) is 5.11 Å². The Morgan fingerprint density at radius 3 is 2.29 bits per heavy atom. The van der Waals surface area contributed by atoms with Crippen molar-refractivity contribution in [2.24, 2.45) is 5.10 Å². The molecule has 0 amide bonds. The fraction of sp³-hybridized carbons (Fsp3) is 0.385. The number of hydrogen-bond donors (Lipinski definition) is 2. The van der Waals surface area contributed by atoms with Gasteiger partial charge in [-0.05, 0) is 28.8 Å². The molecule has 0 unspecified atom stereocenters. The molecule has 0 spiro atoms. The normalized spacial score (nSPS) is 11.5. The summed E-state index contributed by atoms with van der Waals surface area (Å²) in [5.74, 6) is 0. The minimum Gasteiger partial charge on any atom is -0.364 e. The fourth-order valence-electron chi connectivity index (χ4n) is 1.29. The van der Waals surface area contributed by atoms with Gasteiger partial charge in [0.2, 0.25) is 0 Å². The van der Waals surface area contributed by atoms with Gasteiger partial charge in [-0.15, -0.1) is 0 Å². The lowest BCUT2D eigenvalue weighted by atomic mass is 9.87. The van der Waals surface area contributed by atoms with E-state index in [2.05, 4.69) is 48.7 Å². The zero-order valence-electron chi connectivity index (χ0n) is 10.7. The van der Waals surface area contributed by atoms with Crippen LogP contribution in [0, 0.1) is 0 Å². The molecule has 1 aromatic rings. The first-order valence-electron chi connectivity index (χ1n) is 5.55. The number of nitrogens with one attached hydrogen (secondary N) is 2.